The van der Waals surface area contributed by atoms with Gasteiger partial charge in [0.2, 0.25) is 0 Å². The van der Waals surface area contributed by atoms with E-state index in [0.717, 1.165) is 11.2 Å². The number of hydrogen-bond acceptors (Lipinski definition) is 3. The zero-order chi connectivity index (χ0) is 15.0. The summed E-state index contributed by atoms with van der Waals surface area (Å²) in [7, 11) is 3.14. The maximum atomic E-state index is 13.5. The number of H-pyrrole nitrogens is 1. The van der Waals surface area contributed by atoms with Gasteiger partial charge in [0.1, 0.15) is 5.82 Å². The van der Waals surface area contributed by atoms with E-state index in [2.05, 4.69) is 4.98 Å². The topological polar surface area (TPSA) is 39.2 Å². The molecule has 4 nitrogen and oxygen atoms in total. The monoisotopic (exact) mass is 304 g/mol. The molecule has 0 radical (unpaired) electrons. The third-order valence-corrected chi connectivity index (χ3v) is 3.56. The average Bonchev–Trinajstić information content (AvgIpc) is 2.81. The minimum Gasteiger partial charge on any atom is -0.493 e. The lowest BCUT2D eigenvalue weighted by atomic mass is 10.2. The summed E-state index contributed by atoms with van der Waals surface area (Å²) in [5, 5.41) is 0. The average molecular weight is 304 g/mol. The second kappa shape index (κ2) is 5.21. The van der Waals surface area contributed by atoms with Gasteiger partial charge >= 0.3 is 0 Å². The third kappa shape index (κ3) is 2.27. The van der Waals surface area contributed by atoms with Crippen molar-refractivity contribution in [2.45, 2.75) is 0 Å². The fourth-order valence-electron chi connectivity index (χ4n) is 2.30. The Labute approximate surface area is 125 Å². The van der Waals surface area contributed by atoms with Crippen LogP contribution in [-0.2, 0) is 0 Å². The number of nitrogens with zero attached hydrogens (tertiary/aromatic N) is 1. The van der Waals surface area contributed by atoms with Gasteiger partial charge in [0, 0.05) is 12.1 Å². The zero-order valence-corrected chi connectivity index (χ0v) is 12.3. The number of aromatic amines is 1. The molecule has 21 heavy (non-hydrogen) atoms. The lowest BCUT2D eigenvalue weighted by Crippen LogP contribution is -1.97. The van der Waals surface area contributed by atoms with Gasteiger partial charge in [0.05, 0.1) is 30.9 Å². The summed E-state index contributed by atoms with van der Waals surface area (Å²) >= 11 is 5.33. The smallest absolute Gasteiger partial charge is 0.182 e. The van der Waals surface area contributed by atoms with Gasteiger partial charge in [-0.2, -0.15) is 0 Å². The molecule has 6 heteroatoms. The van der Waals surface area contributed by atoms with Crippen LogP contribution in [0.1, 0.15) is 0 Å². The molecular formula is C15H13FN2O2S. The number of benzene rings is 2. The Bertz CT molecular complexity index is 870. The standard InChI is InChI=1S/C15H13FN2O2S/c1-19-13-6-4-10(8-14(13)20-2)18-12-7-9(16)3-5-11(12)17-15(18)21/h3-8H,1-2H3,(H,17,21). The van der Waals surface area contributed by atoms with Gasteiger partial charge in [-0.1, -0.05) is 0 Å². The highest BCUT2D eigenvalue weighted by atomic mass is 32.1. The third-order valence-electron chi connectivity index (χ3n) is 3.27. The van der Waals surface area contributed by atoms with Crippen LogP contribution < -0.4 is 9.47 Å². The van der Waals surface area contributed by atoms with Crippen molar-refractivity contribution < 1.29 is 13.9 Å². The first-order valence-electron chi connectivity index (χ1n) is 6.26. The summed E-state index contributed by atoms with van der Waals surface area (Å²) in [6.45, 7) is 0. The van der Waals surface area contributed by atoms with E-state index < -0.39 is 0 Å². The SMILES string of the molecule is COc1ccc(-n2c(=S)[nH]c3ccc(F)cc32)cc1OC. The normalized spacial score (nSPS) is 10.8. The highest BCUT2D eigenvalue weighted by Crippen LogP contribution is 2.30. The van der Waals surface area contributed by atoms with E-state index in [1.54, 1.807) is 37.0 Å². The first-order valence-corrected chi connectivity index (χ1v) is 6.67. The van der Waals surface area contributed by atoms with Crippen molar-refractivity contribution in [3.05, 3.63) is 47.0 Å². The lowest BCUT2D eigenvalue weighted by molar-refractivity contribution is 0.355. The number of aromatic nitrogens is 2. The second-order valence-electron chi connectivity index (χ2n) is 4.47. The number of fused-ring (bicyclic) bond motifs is 1. The van der Waals surface area contributed by atoms with Gasteiger partial charge < -0.3 is 14.5 Å². The number of hydrogen-bond donors (Lipinski definition) is 1. The highest BCUT2D eigenvalue weighted by Gasteiger charge is 2.11. The van der Waals surface area contributed by atoms with Gasteiger partial charge in [-0.05, 0) is 36.5 Å². The second-order valence-corrected chi connectivity index (χ2v) is 4.85. The van der Waals surface area contributed by atoms with Crippen molar-refractivity contribution in [2.24, 2.45) is 0 Å². The fourth-order valence-corrected chi connectivity index (χ4v) is 2.61. The molecule has 0 saturated carbocycles. The molecule has 0 aliphatic heterocycles. The van der Waals surface area contributed by atoms with Gasteiger partial charge in [-0.3, -0.25) is 4.57 Å². The van der Waals surface area contributed by atoms with E-state index >= 15 is 0 Å². The number of imidazole rings is 1. The molecule has 108 valence electrons. The van der Waals surface area contributed by atoms with Crippen molar-refractivity contribution in [3.63, 3.8) is 0 Å². The highest BCUT2D eigenvalue weighted by molar-refractivity contribution is 7.71. The Hall–Kier alpha value is -2.34. The minimum absolute atomic E-state index is 0.314. The van der Waals surface area contributed by atoms with Gasteiger partial charge in [-0.25, -0.2) is 4.39 Å². The number of halogens is 1. The fraction of sp³-hybridized carbons (Fsp3) is 0.133. The molecule has 0 fully saturated rings. The molecule has 2 aromatic carbocycles. The van der Waals surface area contributed by atoms with E-state index in [4.69, 9.17) is 21.7 Å². The Morgan fingerprint density at radius 3 is 2.52 bits per heavy atom. The summed E-state index contributed by atoms with van der Waals surface area (Å²) in [6.07, 6.45) is 0. The molecule has 0 aliphatic carbocycles. The zero-order valence-electron chi connectivity index (χ0n) is 11.5. The van der Waals surface area contributed by atoms with Crippen LogP contribution >= 0.6 is 12.2 Å². The summed E-state index contributed by atoms with van der Waals surface area (Å²) in [6, 6.07) is 9.93. The van der Waals surface area contributed by atoms with Crippen LogP contribution in [0.2, 0.25) is 0 Å². The summed E-state index contributed by atoms with van der Waals surface area (Å²) in [5.41, 5.74) is 2.22. The van der Waals surface area contributed by atoms with Crippen LogP contribution in [0.4, 0.5) is 4.39 Å². The van der Waals surface area contributed by atoms with Crippen LogP contribution in [0.15, 0.2) is 36.4 Å². The maximum absolute atomic E-state index is 13.5. The van der Waals surface area contributed by atoms with Crippen molar-refractivity contribution in [1.82, 2.24) is 9.55 Å². The van der Waals surface area contributed by atoms with Crippen molar-refractivity contribution >= 4 is 23.3 Å². The Balaban J connectivity index is 2.27. The first-order chi connectivity index (χ1) is 10.1. The molecule has 0 spiro atoms. The van der Waals surface area contributed by atoms with Crippen molar-refractivity contribution in [2.75, 3.05) is 14.2 Å². The number of nitrogens with one attached hydrogen (secondary N) is 1. The maximum Gasteiger partial charge on any atom is 0.182 e. The van der Waals surface area contributed by atoms with Gasteiger partial charge in [-0.15, -0.1) is 0 Å². The van der Waals surface area contributed by atoms with Crippen LogP contribution in [-0.4, -0.2) is 23.8 Å². The molecule has 1 heterocycles. The van der Waals surface area contributed by atoms with E-state index in [1.807, 2.05) is 6.07 Å². The Kier molecular flexibility index (Phi) is 3.39. The molecule has 0 bridgehead atoms. The van der Waals surface area contributed by atoms with Crippen LogP contribution in [0, 0.1) is 10.6 Å². The molecule has 0 aliphatic rings. The number of rotatable bonds is 3. The number of methoxy groups -OCH3 is 2. The molecule has 3 rings (SSSR count). The van der Waals surface area contributed by atoms with Crippen molar-refractivity contribution in [1.29, 1.82) is 0 Å². The largest absolute Gasteiger partial charge is 0.493 e. The molecular weight excluding hydrogens is 291 g/mol. The molecule has 1 aromatic heterocycles. The van der Waals surface area contributed by atoms with E-state index in [0.29, 0.717) is 21.8 Å². The molecule has 1 N–H and O–H groups in total. The molecule has 0 unspecified atom stereocenters. The van der Waals surface area contributed by atoms with Gasteiger partial charge in [0.25, 0.3) is 0 Å². The number of ether oxygens (including phenoxy) is 2. The van der Waals surface area contributed by atoms with Crippen LogP contribution in [0.25, 0.3) is 16.7 Å². The predicted molar refractivity (Wildman–Crippen MR) is 81.5 cm³/mol. The first kappa shape index (κ1) is 13.6. The molecule has 0 saturated heterocycles. The predicted octanol–water partition coefficient (Wildman–Crippen LogP) is 3.84. The van der Waals surface area contributed by atoms with E-state index in [1.165, 1.54) is 12.1 Å². The van der Waals surface area contributed by atoms with Crippen LogP contribution in [0.3, 0.4) is 0 Å². The van der Waals surface area contributed by atoms with Crippen LogP contribution in [0.5, 0.6) is 11.5 Å². The summed E-state index contributed by atoms with van der Waals surface area (Å²) in [5.74, 6) is 0.896. The molecule has 3 aromatic rings. The Morgan fingerprint density at radius 2 is 1.81 bits per heavy atom. The van der Waals surface area contributed by atoms with Gasteiger partial charge in [0.15, 0.2) is 16.3 Å². The quantitative estimate of drug-likeness (QED) is 0.747. The lowest BCUT2D eigenvalue weighted by Gasteiger charge is -2.10. The minimum atomic E-state index is -0.314. The summed E-state index contributed by atoms with van der Waals surface area (Å²) in [4.78, 5) is 3.06. The molecule has 0 amide bonds. The van der Waals surface area contributed by atoms with E-state index in [9.17, 15) is 4.39 Å². The van der Waals surface area contributed by atoms with E-state index in [-0.39, 0.29) is 5.82 Å². The Morgan fingerprint density at radius 1 is 1.05 bits per heavy atom. The summed E-state index contributed by atoms with van der Waals surface area (Å²) < 4.78 is 26.3. The molecule has 0 atom stereocenters. The van der Waals surface area contributed by atoms with Crippen molar-refractivity contribution in [3.8, 4) is 17.2 Å².